The summed E-state index contributed by atoms with van der Waals surface area (Å²) in [4.78, 5) is 3.28. The average molecular weight is 296 g/mol. The minimum Gasteiger partial charge on any atom is -0.392 e. The van der Waals surface area contributed by atoms with Crippen LogP contribution in [0.1, 0.15) is 11.1 Å². The zero-order valence-electron chi connectivity index (χ0n) is 10.5. The van der Waals surface area contributed by atoms with E-state index in [9.17, 15) is 12.8 Å². The summed E-state index contributed by atoms with van der Waals surface area (Å²) in [5, 5.41) is 9.01. The topological polar surface area (TPSA) is 79.3 Å². The molecule has 0 spiro atoms. The molecule has 0 saturated heterocycles. The van der Waals surface area contributed by atoms with Crippen LogP contribution in [0.25, 0.3) is 0 Å². The molecule has 0 bridgehead atoms. The Labute approximate surface area is 116 Å². The second-order valence-corrected chi connectivity index (χ2v) is 5.91. The summed E-state index contributed by atoms with van der Waals surface area (Å²) < 4.78 is 39.2. The maximum Gasteiger partial charge on any atom is 0.242 e. The first-order valence-corrected chi connectivity index (χ1v) is 7.28. The number of rotatable bonds is 5. The summed E-state index contributed by atoms with van der Waals surface area (Å²) in [6, 6.07) is 7.77. The molecule has 106 valence electrons. The number of halogens is 1. The lowest BCUT2D eigenvalue weighted by Gasteiger charge is -2.07. The summed E-state index contributed by atoms with van der Waals surface area (Å²) in [6.45, 7) is -0.0684. The molecule has 0 fully saturated rings. The normalized spacial score (nSPS) is 11.5. The number of nitrogens with zero attached hydrogens (tertiary/aromatic N) is 1. The van der Waals surface area contributed by atoms with Crippen LogP contribution in [0.2, 0.25) is 0 Å². The molecule has 0 aliphatic carbocycles. The van der Waals surface area contributed by atoms with Gasteiger partial charge in [0.2, 0.25) is 10.0 Å². The number of sulfonamides is 1. The van der Waals surface area contributed by atoms with Gasteiger partial charge in [-0.05, 0) is 17.2 Å². The highest BCUT2D eigenvalue weighted by atomic mass is 32.2. The molecule has 2 aromatic rings. The fourth-order valence-corrected chi connectivity index (χ4v) is 2.63. The van der Waals surface area contributed by atoms with Crippen LogP contribution in [0, 0.1) is 5.82 Å². The van der Waals surface area contributed by atoms with Crippen LogP contribution in [0.15, 0.2) is 47.6 Å². The van der Waals surface area contributed by atoms with Gasteiger partial charge in [-0.2, -0.15) is 0 Å². The molecule has 0 unspecified atom stereocenters. The third-order valence-electron chi connectivity index (χ3n) is 2.63. The molecular weight excluding hydrogens is 283 g/mol. The van der Waals surface area contributed by atoms with Gasteiger partial charge in [0.1, 0.15) is 10.7 Å². The van der Waals surface area contributed by atoms with Gasteiger partial charge in [0.05, 0.1) is 12.8 Å². The number of aliphatic hydroxyl groups is 1. The Morgan fingerprint density at radius 3 is 2.65 bits per heavy atom. The summed E-state index contributed by atoms with van der Waals surface area (Å²) in [6.07, 6.45) is 2.01. The van der Waals surface area contributed by atoms with E-state index in [4.69, 9.17) is 5.11 Å². The van der Waals surface area contributed by atoms with Crippen LogP contribution in [-0.2, 0) is 23.2 Å². The number of aromatic nitrogens is 1. The van der Waals surface area contributed by atoms with E-state index in [2.05, 4.69) is 9.71 Å². The maximum atomic E-state index is 13.0. The van der Waals surface area contributed by atoms with E-state index < -0.39 is 15.8 Å². The summed E-state index contributed by atoms with van der Waals surface area (Å²) in [7, 11) is -3.82. The first-order valence-electron chi connectivity index (χ1n) is 5.80. The number of hydrogen-bond acceptors (Lipinski definition) is 4. The Morgan fingerprint density at radius 1 is 1.20 bits per heavy atom. The van der Waals surface area contributed by atoms with E-state index in [-0.39, 0.29) is 18.0 Å². The SMILES string of the molecule is O=S(=O)(NCc1cccc(CO)c1)c1cncc(F)c1. The van der Waals surface area contributed by atoms with Crippen molar-refractivity contribution in [2.45, 2.75) is 18.0 Å². The van der Waals surface area contributed by atoms with E-state index in [0.29, 0.717) is 11.1 Å². The lowest BCUT2D eigenvalue weighted by Crippen LogP contribution is -2.23. The van der Waals surface area contributed by atoms with Crippen molar-refractivity contribution in [1.82, 2.24) is 9.71 Å². The third-order valence-corrected chi connectivity index (χ3v) is 4.00. The number of benzene rings is 1. The minimum atomic E-state index is -3.82. The molecule has 2 N–H and O–H groups in total. The molecule has 0 saturated carbocycles. The number of pyridine rings is 1. The van der Waals surface area contributed by atoms with E-state index in [0.717, 1.165) is 18.5 Å². The van der Waals surface area contributed by atoms with Crippen molar-refractivity contribution in [2.75, 3.05) is 0 Å². The van der Waals surface area contributed by atoms with E-state index in [1.54, 1.807) is 24.3 Å². The van der Waals surface area contributed by atoms with Crippen molar-refractivity contribution in [2.24, 2.45) is 0 Å². The van der Waals surface area contributed by atoms with Crippen molar-refractivity contribution in [3.63, 3.8) is 0 Å². The highest BCUT2D eigenvalue weighted by Gasteiger charge is 2.14. The van der Waals surface area contributed by atoms with Gasteiger partial charge in [0.25, 0.3) is 0 Å². The molecule has 1 aromatic heterocycles. The highest BCUT2D eigenvalue weighted by Crippen LogP contribution is 2.10. The van der Waals surface area contributed by atoms with Gasteiger partial charge in [-0.15, -0.1) is 0 Å². The fourth-order valence-electron chi connectivity index (χ4n) is 1.64. The molecule has 20 heavy (non-hydrogen) atoms. The van der Waals surface area contributed by atoms with Gasteiger partial charge in [0.15, 0.2) is 0 Å². The predicted molar refractivity (Wildman–Crippen MR) is 70.6 cm³/mol. The Balaban J connectivity index is 2.13. The van der Waals surface area contributed by atoms with Crippen molar-refractivity contribution >= 4 is 10.0 Å². The highest BCUT2D eigenvalue weighted by molar-refractivity contribution is 7.89. The first kappa shape index (κ1) is 14.6. The minimum absolute atomic E-state index is 0.0483. The lowest BCUT2D eigenvalue weighted by atomic mass is 10.1. The molecule has 2 rings (SSSR count). The zero-order chi connectivity index (χ0) is 14.6. The zero-order valence-corrected chi connectivity index (χ0v) is 11.3. The lowest BCUT2D eigenvalue weighted by molar-refractivity contribution is 0.281. The number of nitrogens with one attached hydrogen (secondary N) is 1. The fraction of sp³-hybridized carbons (Fsp3) is 0.154. The van der Waals surface area contributed by atoms with Crippen molar-refractivity contribution < 1.29 is 17.9 Å². The first-order chi connectivity index (χ1) is 9.51. The Kier molecular flexibility index (Phi) is 4.43. The van der Waals surface area contributed by atoms with Crippen LogP contribution >= 0.6 is 0 Å². The van der Waals surface area contributed by atoms with Gasteiger partial charge in [0, 0.05) is 12.7 Å². The molecule has 0 amide bonds. The predicted octanol–water partition coefficient (Wildman–Crippen LogP) is 1.19. The number of hydrogen-bond donors (Lipinski definition) is 2. The van der Waals surface area contributed by atoms with Crippen molar-refractivity contribution in [3.8, 4) is 0 Å². The molecule has 0 aliphatic rings. The smallest absolute Gasteiger partial charge is 0.242 e. The molecule has 0 radical (unpaired) electrons. The van der Waals surface area contributed by atoms with Crippen molar-refractivity contribution in [3.05, 3.63) is 59.7 Å². The van der Waals surface area contributed by atoms with E-state index >= 15 is 0 Å². The Bertz CT molecular complexity index is 704. The Hall–Kier alpha value is -1.83. The summed E-state index contributed by atoms with van der Waals surface area (Å²) >= 11 is 0. The quantitative estimate of drug-likeness (QED) is 0.868. The summed E-state index contributed by atoms with van der Waals surface area (Å²) in [5.74, 6) is -0.713. The van der Waals surface area contributed by atoms with Crippen molar-refractivity contribution in [1.29, 1.82) is 0 Å². The molecule has 5 nitrogen and oxygen atoms in total. The Morgan fingerprint density at radius 2 is 1.95 bits per heavy atom. The molecule has 7 heteroatoms. The second-order valence-electron chi connectivity index (χ2n) is 4.14. The largest absolute Gasteiger partial charge is 0.392 e. The van der Waals surface area contributed by atoms with Crippen LogP contribution in [-0.4, -0.2) is 18.5 Å². The number of aliphatic hydroxyl groups excluding tert-OH is 1. The average Bonchev–Trinajstić information content (AvgIpc) is 2.45. The summed E-state index contributed by atoms with van der Waals surface area (Å²) in [5.41, 5.74) is 1.39. The van der Waals surface area contributed by atoms with Crippen LogP contribution in [0.4, 0.5) is 4.39 Å². The van der Waals surface area contributed by atoms with Gasteiger partial charge >= 0.3 is 0 Å². The molecule has 0 atom stereocenters. The molecular formula is C13H13FN2O3S. The van der Waals surface area contributed by atoms with Gasteiger partial charge in [-0.1, -0.05) is 24.3 Å². The van der Waals surface area contributed by atoms with Crippen LogP contribution < -0.4 is 4.72 Å². The van der Waals surface area contributed by atoms with Gasteiger partial charge < -0.3 is 5.11 Å². The van der Waals surface area contributed by atoms with E-state index in [1.807, 2.05) is 0 Å². The monoisotopic (exact) mass is 296 g/mol. The van der Waals surface area contributed by atoms with Crippen LogP contribution in [0.5, 0.6) is 0 Å². The van der Waals surface area contributed by atoms with E-state index in [1.165, 1.54) is 0 Å². The molecule has 0 aliphatic heterocycles. The van der Waals surface area contributed by atoms with Gasteiger partial charge in [-0.25, -0.2) is 17.5 Å². The second kappa shape index (κ2) is 6.08. The van der Waals surface area contributed by atoms with Crippen LogP contribution in [0.3, 0.4) is 0 Å². The molecule has 1 heterocycles. The standard InChI is InChI=1S/C13H13FN2O3S/c14-12-5-13(8-15-7-12)20(18,19)16-6-10-2-1-3-11(4-10)9-17/h1-5,7-8,16-17H,6,9H2. The third kappa shape index (κ3) is 3.60. The van der Waals surface area contributed by atoms with Gasteiger partial charge in [-0.3, -0.25) is 4.98 Å². The maximum absolute atomic E-state index is 13.0. The molecule has 1 aromatic carbocycles.